The van der Waals surface area contributed by atoms with E-state index < -0.39 is 0 Å². The zero-order valence-electron chi connectivity index (χ0n) is 5.29. The third-order valence-corrected chi connectivity index (χ3v) is 2.21. The molecule has 2 nitrogen and oxygen atoms in total. The minimum Gasteiger partial charge on any atom is -0.352 e. The van der Waals surface area contributed by atoms with Crippen LogP contribution in [0.15, 0.2) is 12.2 Å². The molecule has 1 aliphatic heterocycles. The molecule has 0 spiro atoms. The second-order valence-corrected chi connectivity index (χ2v) is 2.79. The maximum atomic E-state index is 10.9. The summed E-state index contributed by atoms with van der Waals surface area (Å²) in [4.78, 5) is 10.9. The fourth-order valence-corrected chi connectivity index (χ4v) is 1.51. The Kier molecular flexibility index (Phi) is 0.770. The fraction of sp³-hybridized carbons (Fsp3) is 0.571. The lowest BCUT2D eigenvalue weighted by molar-refractivity contribution is -0.121. The Labute approximate surface area is 53.9 Å². The second-order valence-electron chi connectivity index (χ2n) is 2.79. The quantitative estimate of drug-likeness (QED) is 0.461. The van der Waals surface area contributed by atoms with Crippen LogP contribution in [0, 0.1) is 11.8 Å². The number of fused-ring (bicyclic) bond motifs is 1. The van der Waals surface area contributed by atoms with Crippen LogP contribution in [0.2, 0.25) is 0 Å². The summed E-state index contributed by atoms with van der Waals surface area (Å²) >= 11 is 0. The van der Waals surface area contributed by atoms with Crippen LogP contribution in [0.5, 0.6) is 0 Å². The summed E-state index contributed by atoms with van der Waals surface area (Å²) in [5.41, 5.74) is 0. The zero-order chi connectivity index (χ0) is 6.43. The Balaban J connectivity index is 2.27. The van der Waals surface area contributed by atoms with Crippen molar-refractivity contribution in [2.24, 2.45) is 11.8 Å². The molecule has 48 valence electrons. The van der Waals surface area contributed by atoms with Gasteiger partial charge in [0.15, 0.2) is 0 Å². The van der Waals surface area contributed by atoms with Gasteiger partial charge in [-0.15, -0.1) is 0 Å². The molecule has 0 radical (unpaired) electrons. The number of hydrogen-bond donors (Lipinski definition) is 1. The van der Waals surface area contributed by atoms with E-state index in [1.807, 2.05) is 13.0 Å². The molecule has 0 saturated carbocycles. The van der Waals surface area contributed by atoms with Crippen molar-refractivity contribution in [1.82, 2.24) is 5.32 Å². The molecule has 2 aliphatic rings. The van der Waals surface area contributed by atoms with E-state index in [1.54, 1.807) is 0 Å². The third-order valence-electron chi connectivity index (χ3n) is 2.21. The van der Waals surface area contributed by atoms with Gasteiger partial charge in [0.05, 0.1) is 5.92 Å². The van der Waals surface area contributed by atoms with Crippen LogP contribution < -0.4 is 5.32 Å². The highest BCUT2D eigenvalue weighted by Gasteiger charge is 2.41. The molecule has 0 aromatic heterocycles. The smallest absolute Gasteiger partial charge is 0.227 e. The van der Waals surface area contributed by atoms with E-state index in [1.165, 1.54) is 0 Å². The number of hydrogen-bond acceptors (Lipinski definition) is 1. The number of rotatable bonds is 0. The molecule has 1 heterocycles. The minimum absolute atomic E-state index is 0.204. The number of carbonyl (C=O) groups is 1. The molecule has 1 amide bonds. The average molecular weight is 123 g/mol. The molecule has 0 bridgehead atoms. The van der Waals surface area contributed by atoms with Gasteiger partial charge in [0.1, 0.15) is 0 Å². The molecular weight excluding hydrogens is 114 g/mol. The highest BCUT2D eigenvalue weighted by Crippen LogP contribution is 2.33. The monoisotopic (exact) mass is 123 g/mol. The molecule has 3 atom stereocenters. The first kappa shape index (κ1) is 5.03. The first-order chi connectivity index (χ1) is 4.29. The number of nitrogens with one attached hydrogen (secondary N) is 1. The van der Waals surface area contributed by atoms with Crippen molar-refractivity contribution >= 4 is 5.91 Å². The molecule has 2 heteroatoms. The summed E-state index contributed by atoms with van der Waals surface area (Å²) in [6.45, 7) is 2.05. The summed E-state index contributed by atoms with van der Waals surface area (Å²) in [6, 6.07) is 0.368. The molecule has 1 saturated heterocycles. The van der Waals surface area contributed by atoms with Crippen molar-refractivity contribution in [1.29, 1.82) is 0 Å². The van der Waals surface area contributed by atoms with E-state index in [0.29, 0.717) is 12.0 Å². The Morgan fingerprint density at radius 2 is 2.33 bits per heavy atom. The van der Waals surface area contributed by atoms with Gasteiger partial charge in [-0.1, -0.05) is 12.2 Å². The Morgan fingerprint density at radius 3 is 2.56 bits per heavy atom. The molecule has 0 unspecified atom stereocenters. The van der Waals surface area contributed by atoms with Gasteiger partial charge in [-0.25, -0.2) is 0 Å². The molecule has 1 fully saturated rings. The van der Waals surface area contributed by atoms with Crippen LogP contribution in [0.4, 0.5) is 0 Å². The van der Waals surface area contributed by atoms with E-state index in [9.17, 15) is 4.79 Å². The SMILES string of the molecule is C[C@H]1NC(=O)[C@@H]2C=C[C@H]12. The van der Waals surface area contributed by atoms with Crippen LogP contribution in [0.3, 0.4) is 0 Å². The minimum atomic E-state index is 0.204. The van der Waals surface area contributed by atoms with Crippen LogP contribution in [0.1, 0.15) is 6.92 Å². The summed E-state index contributed by atoms with van der Waals surface area (Å²) in [5.74, 6) is 0.910. The van der Waals surface area contributed by atoms with E-state index >= 15 is 0 Å². The first-order valence-corrected chi connectivity index (χ1v) is 3.28. The van der Waals surface area contributed by atoms with E-state index in [-0.39, 0.29) is 11.8 Å². The summed E-state index contributed by atoms with van der Waals surface area (Å²) < 4.78 is 0. The van der Waals surface area contributed by atoms with Crippen molar-refractivity contribution in [2.45, 2.75) is 13.0 Å². The lowest BCUT2D eigenvalue weighted by Crippen LogP contribution is -2.24. The van der Waals surface area contributed by atoms with Crippen molar-refractivity contribution in [3.05, 3.63) is 12.2 Å². The van der Waals surface area contributed by atoms with Gasteiger partial charge in [-0.05, 0) is 6.92 Å². The van der Waals surface area contributed by atoms with Crippen molar-refractivity contribution in [3.63, 3.8) is 0 Å². The summed E-state index contributed by atoms with van der Waals surface area (Å²) in [6.07, 6.45) is 4.08. The molecule has 1 aliphatic carbocycles. The van der Waals surface area contributed by atoms with E-state index in [4.69, 9.17) is 0 Å². The summed E-state index contributed by atoms with van der Waals surface area (Å²) in [7, 11) is 0. The maximum Gasteiger partial charge on any atom is 0.227 e. The third kappa shape index (κ3) is 0.479. The lowest BCUT2D eigenvalue weighted by Gasteiger charge is -2.20. The fourth-order valence-electron chi connectivity index (χ4n) is 1.51. The van der Waals surface area contributed by atoms with Gasteiger partial charge in [-0.2, -0.15) is 0 Å². The average Bonchev–Trinajstić information content (AvgIpc) is 1.73. The van der Waals surface area contributed by atoms with Gasteiger partial charge in [0.2, 0.25) is 5.91 Å². The van der Waals surface area contributed by atoms with Crippen molar-refractivity contribution in [2.75, 3.05) is 0 Å². The van der Waals surface area contributed by atoms with Crippen LogP contribution in [-0.2, 0) is 4.79 Å². The molecule has 0 aromatic carbocycles. The van der Waals surface area contributed by atoms with E-state index in [0.717, 1.165) is 0 Å². The topological polar surface area (TPSA) is 29.1 Å². The largest absolute Gasteiger partial charge is 0.352 e. The molecular formula is C7H9NO. The van der Waals surface area contributed by atoms with E-state index in [2.05, 4.69) is 11.4 Å². The van der Waals surface area contributed by atoms with Crippen LogP contribution >= 0.6 is 0 Å². The van der Waals surface area contributed by atoms with Gasteiger partial charge in [0.25, 0.3) is 0 Å². The predicted octanol–water partition coefficient (Wildman–Crippen LogP) is 0.307. The standard InChI is InChI=1S/C7H9NO/c1-4-5-2-3-6(5)7(9)8-4/h2-6H,1H3,(H,8,9)/t4-,5-,6-/m1/s1. The number of amides is 1. The van der Waals surface area contributed by atoms with Crippen molar-refractivity contribution < 1.29 is 4.79 Å². The predicted molar refractivity (Wildman–Crippen MR) is 33.7 cm³/mol. The van der Waals surface area contributed by atoms with Gasteiger partial charge >= 0.3 is 0 Å². The maximum absolute atomic E-state index is 10.9. The Morgan fingerprint density at radius 1 is 1.56 bits per heavy atom. The Bertz CT molecular complexity index is 185. The highest BCUT2D eigenvalue weighted by atomic mass is 16.2. The second kappa shape index (κ2) is 1.38. The summed E-state index contributed by atoms with van der Waals surface area (Å²) in [5, 5.41) is 2.88. The molecule has 2 rings (SSSR count). The van der Waals surface area contributed by atoms with Gasteiger partial charge < -0.3 is 5.32 Å². The zero-order valence-corrected chi connectivity index (χ0v) is 5.29. The van der Waals surface area contributed by atoms with Crippen LogP contribution in [0.25, 0.3) is 0 Å². The normalized spacial score (nSPS) is 45.9. The molecule has 0 aromatic rings. The Hall–Kier alpha value is -0.790. The van der Waals surface area contributed by atoms with Crippen molar-refractivity contribution in [3.8, 4) is 0 Å². The highest BCUT2D eigenvalue weighted by molar-refractivity contribution is 5.85. The molecule has 1 N–H and O–H groups in total. The molecule has 9 heavy (non-hydrogen) atoms. The number of carbonyl (C=O) groups excluding carboxylic acids is 1. The van der Waals surface area contributed by atoms with Crippen LogP contribution in [-0.4, -0.2) is 11.9 Å². The van der Waals surface area contributed by atoms with Gasteiger partial charge in [0, 0.05) is 12.0 Å². The first-order valence-electron chi connectivity index (χ1n) is 3.28. The lowest BCUT2D eigenvalue weighted by atomic mass is 9.81. The van der Waals surface area contributed by atoms with Gasteiger partial charge in [-0.3, -0.25) is 4.79 Å².